The van der Waals surface area contributed by atoms with E-state index in [4.69, 9.17) is 0 Å². The maximum atomic E-state index is 4.53. The normalized spacial score (nSPS) is 24.1. The first kappa shape index (κ1) is 14.2. The van der Waals surface area contributed by atoms with Crippen molar-refractivity contribution in [3.63, 3.8) is 0 Å². The van der Waals surface area contributed by atoms with E-state index in [1.807, 2.05) is 0 Å². The highest BCUT2D eigenvalue weighted by atomic mass is 14.7. The van der Waals surface area contributed by atoms with Crippen molar-refractivity contribution in [3.05, 3.63) is 23.9 Å². The zero-order valence-electron chi connectivity index (χ0n) is 11.8. The van der Waals surface area contributed by atoms with E-state index in [1.165, 1.54) is 55.4 Å². The van der Waals surface area contributed by atoms with Gasteiger partial charge in [0.1, 0.15) is 0 Å². The summed E-state index contributed by atoms with van der Waals surface area (Å²) in [4.78, 5) is 4.53. The Hall–Kier alpha value is -0.850. The first-order chi connectivity index (χ1) is 8.16. The van der Waals surface area contributed by atoms with Gasteiger partial charge >= 0.3 is 0 Å². The highest BCUT2D eigenvalue weighted by Gasteiger charge is 2.14. The Morgan fingerprint density at radius 1 is 1.12 bits per heavy atom. The van der Waals surface area contributed by atoms with Crippen LogP contribution in [0.25, 0.3) is 0 Å². The summed E-state index contributed by atoms with van der Waals surface area (Å²) >= 11 is 0. The lowest BCUT2D eigenvalue weighted by molar-refractivity contribution is 0.633. The molecule has 1 heteroatoms. The molecule has 17 heavy (non-hydrogen) atoms. The Bertz CT molecular complexity index is 307. The summed E-state index contributed by atoms with van der Waals surface area (Å²) in [5.74, 6) is 0.626. The van der Waals surface area contributed by atoms with Gasteiger partial charge in [0.25, 0.3) is 0 Å². The Balaban J connectivity index is 3.01. The number of hydrogen-bond acceptors (Lipinski definition) is 1. The monoisotopic (exact) mass is 233 g/mol. The molecule has 1 aliphatic rings. The molecule has 0 aromatic heterocycles. The van der Waals surface area contributed by atoms with Gasteiger partial charge in [0.2, 0.25) is 0 Å². The number of hydrogen-bond donors (Lipinski definition) is 0. The zero-order chi connectivity index (χ0) is 12.7. The molecule has 0 aromatic rings. The van der Waals surface area contributed by atoms with Gasteiger partial charge in [0.15, 0.2) is 0 Å². The fraction of sp³-hybridized carbons (Fsp3) is 0.688. The van der Waals surface area contributed by atoms with Gasteiger partial charge in [-0.2, -0.15) is 0 Å². The Morgan fingerprint density at radius 3 is 2.29 bits per heavy atom. The molecule has 1 fully saturated rings. The first-order valence-corrected chi connectivity index (χ1v) is 7.04. The van der Waals surface area contributed by atoms with Crippen LogP contribution >= 0.6 is 0 Å². The predicted octanol–water partition coefficient (Wildman–Crippen LogP) is 5.29. The van der Waals surface area contributed by atoms with Gasteiger partial charge < -0.3 is 0 Å². The van der Waals surface area contributed by atoms with E-state index in [-0.39, 0.29) is 0 Å². The van der Waals surface area contributed by atoms with Crippen LogP contribution < -0.4 is 0 Å². The lowest BCUT2D eigenvalue weighted by Crippen LogP contribution is -2.08. The molecule has 0 unspecified atom stereocenters. The maximum Gasteiger partial charge on any atom is 0.0434 e. The van der Waals surface area contributed by atoms with Gasteiger partial charge in [-0.15, -0.1) is 0 Å². The average Bonchev–Trinajstić information content (AvgIpc) is 2.41. The molecule has 0 aliphatic heterocycles. The summed E-state index contributed by atoms with van der Waals surface area (Å²) in [6, 6.07) is 0. The largest absolute Gasteiger partial charge is 0.262 e. The molecular weight excluding hydrogens is 206 g/mol. The third kappa shape index (κ3) is 4.49. The van der Waals surface area contributed by atoms with Crippen LogP contribution in [0.15, 0.2) is 28.9 Å². The molecule has 0 aromatic carbocycles. The number of rotatable bonds is 2. The predicted molar refractivity (Wildman–Crippen MR) is 77.5 cm³/mol. The van der Waals surface area contributed by atoms with E-state index in [1.54, 1.807) is 6.20 Å². The summed E-state index contributed by atoms with van der Waals surface area (Å²) in [6.45, 7) is 10.6. The summed E-state index contributed by atoms with van der Waals surface area (Å²) in [5, 5.41) is 0. The standard InChI is InChI=1S/C16H27N/c1-5-17-16-12-10-8-6-7-9-11-15(16)14(4)13(2)3/h5,13H,1,6-12H2,2-4H3/b15-14+,17-16?. The molecule has 1 rings (SSSR count). The van der Waals surface area contributed by atoms with Crippen LogP contribution in [0, 0.1) is 5.92 Å². The minimum atomic E-state index is 0.626. The Kier molecular flexibility index (Phi) is 6.25. The second-order valence-electron chi connectivity index (χ2n) is 5.34. The minimum absolute atomic E-state index is 0.626. The SMILES string of the molecule is C=CN=C1CCCCCCC/C1=C(/C)C(C)C. The Morgan fingerprint density at radius 2 is 1.71 bits per heavy atom. The van der Waals surface area contributed by atoms with Gasteiger partial charge in [0.05, 0.1) is 0 Å². The topological polar surface area (TPSA) is 12.4 Å². The molecule has 1 nitrogen and oxygen atoms in total. The van der Waals surface area contributed by atoms with Gasteiger partial charge in [-0.1, -0.05) is 45.3 Å². The second kappa shape index (κ2) is 7.47. The Labute approximate surface area is 107 Å². The molecule has 0 spiro atoms. The van der Waals surface area contributed by atoms with Gasteiger partial charge in [-0.05, 0) is 44.1 Å². The third-order valence-electron chi connectivity index (χ3n) is 3.78. The van der Waals surface area contributed by atoms with Crippen LogP contribution in [0.5, 0.6) is 0 Å². The molecular formula is C16H27N. The van der Waals surface area contributed by atoms with Crippen LogP contribution in [0.4, 0.5) is 0 Å². The smallest absolute Gasteiger partial charge is 0.0434 e. The van der Waals surface area contributed by atoms with Crippen LogP contribution in [0.3, 0.4) is 0 Å². The van der Waals surface area contributed by atoms with E-state index >= 15 is 0 Å². The molecule has 0 amide bonds. The quantitative estimate of drug-likeness (QED) is 0.614. The number of allylic oxidation sites excluding steroid dienone is 2. The van der Waals surface area contributed by atoms with Gasteiger partial charge in [-0.3, -0.25) is 4.99 Å². The zero-order valence-corrected chi connectivity index (χ0v) is 11.8. The third-order valence-corrected chi connectivity index (χ3v) is 3.78. The van der Waals surface area contributed by atoms with Crippen LogP contribution in [0.1, 0.15) is 65.7 Å². The molecule has 0 heterocycles. The molecule has 1 aliphatic carbocycles. The van der Waals surface area contributed by atoms with Crippen molar-refractivity contribution >= 4 is 5.71 Å². The minimum Gasteiger partial charge on any atom is -0.262 e. The highest BCUT2D eigenvalue weighted by molar-refractivity contribution is 6.01. The van der Waals surface area contributed by atoms with E-state index in [0.29, 0.717) is 5.92 Å². The van der Waals surface area contributed by atoms with Crippen molar-refractivity contribution in [2.24, 2.45) is 10.9 Å². The van der Waals surface area contributed by atoms with Gasteiger partial charge in [-0.25, -0.2) is 0 Å². The second-order valence-corrected chi connectivity index (χ2v) is 5.34. The van der Waals surface area contributed by atoms with E-state index in [0.717, 1.165) is 6.42 Å². The van der Waals surface area contributed by atoms with Gasteiger partial charge in [0, 0.05) is 11.9 Å². The van der Waals surface area contributed by atoms with Crippen molar-refractivity contribution in [3.8, 4) is 0 Å². The fourth-order valence-corrected chi connectivity index (χ4v) is 2.45. The highest BCUT2D eigenvalue weighted by Crippen LogP contribution is 2.25. The maximum absolute atomic E-state index is 4.53. The molecule has 1 saturated carbocycles. The lowest BCUT2D eigenvalue weighted by Gasteiger charge is -2.16. The van der Waals surface area contributed by atoms with E-state index in [9.17, 15) is 0 Å². The first-order valence-electron chi connectivity index (χ1n) is 7.04. The average molecular weight is 233 g/mol. The lowest BCUT2D eigenvalue weighted by atomic mass is 9.91. The van der Waals surface area contributed by atoms with Crippen molar-refractivity contribution in [1.29, 1.82) is 0 Å². The molecule has 0 atom stereocenters. The molecule has 0 N–H and O–H groups in total. The fourth-order valence-electron chi connectivity index (χ4n) is 2.45. The summed E-state index contributed by atoms with van der Waals surface area (Å²) in [6.07, 6.45) is 10.7. The molecule has 0 saturated heterocycles. The molecule has 0 bridgehead atoms. The molecule has 0 radical (unpaired) electrons. The summed E-state index contributed by atoms with van der Waals surface area (Å²) < 4.78 is 0. The van der Waals surface area contributed by atoms with Crippen molar-refractivity contribution in [2.75, 3.05) is 0 Å². The van der Waals surface area contributed by atoms with E-state index in [2.05, 4.69) is 32.3 Å². The number of aliphatic imine (C=N–C) groups is 1. The van der Waals surface area contributed by atoms with Crippen molar-refractivity contribution < 1.29 is 0 Å². The van der Waals surface area contributed by atoms with Crippen LogP contribution in [-0.4, -0.2) is 5.71 Å². The molecule has 96 valence electrons. The van der Waals surface area contributed by atoms with Crippen LogP contribution in [0.2, 0.25) is 0 Å². The van der Waals surface area contributed by atoms with Crippen molar-refractivity contribution in [1.82, 2.24) is 0 Å². The van der Waals surface area contributed by atoms with Crippen LogP contribution in [-0.2, 0) is 0 Å². The van der Waals surface area contributed by atoms with Crippen molar-refractivity contribution in [2.45, 2.75) is 65.7 Å². The van der Waals surface area contributed by atoms with E-state index < -0.39 is 0 Å². The summed E-state index contributed by atoms with van der Waals surface area (Å²) in [7, 11) is 0. The summed E-state index contributed by atoms with van der Waals surface area (Å²) in [5.41, 5.74) is 4.34. The number of nitrogens with zero attached hydrogens (tertiary/aromatic N) is 1.